The van der Waals surface area contributed by atoms with E-state index < -0.39 is 16.7 Å². The van der Waals surface area contributed by atoms with Gasteiger partial charge in [-0.1, -0.05) is 11.6 Å². The summed E-state index contributed by atoms with van der Waals surface area (Å²) in [7, 11) is 1.44. The van der Waals surface area contributed by atoms with Crippen LogP contribution in [0.3, 0.4) is 0 Å². The van der Waals surface area contributed by atoms with Gasteiger partial charge in [0, 0.05) is 18.7 Å². The summed E-state index contributed by atoms with van der Waals surface area (Å²) in [4.78, 5) is 35.6. The number of nitro groups is 1. The van der Waals surface area contributed by atoms with Crippen LogP contribution in [0, 0.1) is 10.1 Å². The molecule has 8 nitrogen and oxygen atoms in total. The number of carbonyl (C=O) groups is 2. The Balaban J connectivity index is 1.95. The fourth-order valence-electron chi connectivity index (χ4n) is 2.28. The van der Waals surface area contributed by atoms with Gasteiger partial charge in [-0.25, -0.2) is 0 Å². The third-order valence-corrected chi connectivity index (χ3v) is 4.34. The number of nitrogens with one attached hydrogen (secondary N) is 1. The van der Waals surface area contributed by atoms with Gasteiger partial charge in [-0.15, -0.1) is 0 Å². The second kappa shape index (κ2) is 6.70. The average Bonchev–Trinajstić information content (AvgIpc) is 3.05. The summed E-state index contributed by atoms with van der Waals surface area (Å²) in [5.41, 5.74) is 0.0463. The number of amides is 2. The first-order chi connectivity index (χ1) is 12.3. The molecule has 0 unspecified atom stereocenters. The van der Waals surface area contributed by atoms with E-state index in [-0.39, 0.29) is 27.2 Å². The van der Waals surface area contributed by atoms with Gasteiger partial charge in [0.2, 0.25) is 0 Å². The van der Waals surface area contributed by atoms with E-state index >= 15 is 0 Å². The predicted octanol–water partition coefficient (Wildman–Crippen LogP) is 2.76. The number of furan rings is 1. The molecule has 2 heterocycles. The van der Waals surface area contributed by atoms with Crippen molar-refractivity contribution in [3.05, 3.63) is 56.8 Å². The maximum atomic E-state index is 12.2. The number of carbonyl (C=O) groups excluding carboxylic acids is 2. The standard InChI is InChI=1S/C16H10ClN3O5S/c1-19-15(22)10(14(21)18-16(19)26)7-9-3-5-13(25-9)8-2-4-11(17)12(6-8)20(23)24/h2-7H,1H3,(H,18,21,26)/b10-7-. The number of nitro benzene ring substituents is 1. The molecular formula is C16H10ClN3O5S. The van der Waals surface area contributed by atoms with Crippen molar-refractivity contribution >= 4 is 52.5 Å². The molecule has 0 atom stereocenters. The van der Waals surface area contributed by atoms with Crippen LogP contribution >= 0.6 is 23.8 Å². The van der Waals surface area contributed by atoms with E-state index in [9.17, 15) is 19.7 Å². The summed E-state index contributed by atoms with van der Waals surface area (Å²) in [6.07, 6.45) is 1.28. The van der Waals surface area contributed by atoms with Crippen LogP contribution in [0.2, 0.25) is 5.02 Å². The number of hydrogen-bond acceptors (Lipinski definition) is 6. The summed E-state index contributed by atoms with van der Waals surface area (Å²) in [6.45, 7) is 0. The molecule has 0 bridgehead atoms. The number of likely N-dealkylation sites (N-methyl/N-ethyl adjacent to an activating group) is 1. The van der Waals surface area contributed by atoms with Crippen LogP contribution in [0.15, 0.2) is 40.3 Å². The van der Waals surface area contributed by atoms with Crippen molar-refractivity contribution in [1.29, 1.82) is 0 Å². The molecule has 1 fully saturated rings. The van der Waals surface area contributed by atoms with Gasteiger partial charge in [0.1, 0.15) is 22.1 Å². The highest BCUT2D eigenvalue weighted by Gasteiger charge is 2.31. The molecule has 1 N–H and O–H groups in total. The van der Waals surface area contributed by atoms with E-state index in [1.807, 2.05) is 0 Å². The van der Waals surface area contributed by atoms with E-state index in [2.05, 4.69) is 5.32 Å². The normalized spacial score (nSPS) is 16.2. The van der Waals surface area contributed by atoms with Crippen LogP contribution in [-0.4, -0.2) is 33.8 Å². The fourth-order valence-corrected chi connectivity index (χ4v) is 2.64. The Labute approximate surface area is 157 Å². The quantitative estimate of drug-likeness (QED) is 0.283. The lowest BCUT2D eigenvalue weighted by Crippen LogP contribution is -2.52. The first-order valence-corrected chi connectivity index (χ1v) is 7.96. The summed E-state index contributed by atoms with van der Waals surface area (Å²) in [5, 5.41) is 13.4. The van der Waals surface area contributed by atoms with Gasteiger partial charge >= 0.3 is 0 Å². The highest BCUT2D eigenvalue weighted by molar-refractivity contribution is 7.80. The highest BCUT2D eigenvalue weighted by Crippen LogP contribution is 2.31. The molecule has 0 saturated carbocycles. The van der Waals surface area contributed by atoms with E-state index in [0.717, 1.165) is 4.90 Å². The van der Waals surface area contributed by atoms with Crippen LogP contribution in [0.25, 0.3) is 17.4 Å². The average molecular weight is 392 g/mol. The molecule has 1 aromatic carbocycles. The minimum Gasteiger partial charge on any atom is -0.457 e. The van der Waals surface area contributed by atoms with Crippen LogP contribution in [0.4, 0.5) is 5.69 Å². The van der Waals surface area contributed by atoms with Crippen LogP contribution in [-0.2, 0) is 9.59 Å². The second-order valence-corrected chi connectivity index (χ2v) is 6.10. The number of hydrogen-bond donors (Lipinski definition) is 1. The first kappa shape index (κ1) is 17.8. The van der Waals surface area contributed by atoms with Gasteiger partial charge in [0.05, 0.1) is 4.92 Å². The fraction of sp³-hybridized carbons (Fsp3) is 0.0625. The lowest BCUT2D eigenvalue weighted by atomic mass is 10.1. The van der Waals surface area contributed by atoms with Crippen molar-refractivity contribution in [3.8, 4) is 11.3 Å². The van der Waals surface area contributed by atoms with E-state index in [0.29, 0.717) is 11.3 Å². The molecule has 132 valence electrons. The molecule has 2 amide bonds. The predicted molar refractivity (Wildman–Crippen MR) is 97.3 cm³/mol. The number of benzene rings is 1. The summed E-state index contributed by atoms with van der Waals surface area (Å²) >= 11 is 10.7. The van der Waals surface area contributed by atoms with Gasteiger partial charge < -0.3 is 4.42 Å². The Morgan fingerprint density at radius 3 is 2.73 bits per heavy atom. The van der Waals surface area contributed by atoms with Crippen molar-refractivity contribution in [1.82, 2.24) is 10.2 Å². The zero-order valence-corrected chi connectivity index (χ0v) is 14.8. The van der Waals surface area contributed by atoms with Crippen molar-refractivity contribution in [2.75, 3.05) is 7.05 Å². The Hall–Kier alpha value is -3.04. The number of thiocarbonyl (C=S) groups is 1. The summed E-state index contributed by atoms with van der Waals surface area (Å²) in [6, 6.07) is 7.34. The van der Waals surface area contributed by atoms with Crippen LogP contribution < -0.4 is 5.32 Å². The number of rotatable bonds is 3. The van der Waals surface area contributed by atoms with E-state index in [1.54, 1.807) is 12.1 Å². The van der Waals surface area contributed by atoms with Crippen molar-refractivity contribution in [2.24, 2.45) is 0 Å². The molecule has 0 radical (unpaired) electrons. The SMILES string of the molecule is CN1C(=O)/C(=C\c2ccc(-c3ccc(Cl)c([N+](=O)[O-])c3)o2)C(=O)NC1=S. The molecule has 1 aromatic heterocycles. The van der Waals surface area contributed by atoms with Gasteiger partial charge in [0.15, 0.2) is 5.11 Å². The topological polar surface area (TPSA) is 106 Å². The van der Waals surface area contributed by atoms with Gasteiger partial charge in [-0.3, -0.25) is 29.9 Å². The lowest BCUT2D eigenvalue weighted by Gasteiger charge is -2.24. The highest BCUT2D eigenvalue weighted by atomic mass is 35.5. The Morgan fingerprint density at radius 1 is 1.31 bits per heavy atom. The molecule has 3 rings (SSSR count). The molecule has 0 spiro atoms. The first-order valence-electron chi connectivity index (χ1n) is 7.17. The lowest BCUT2D eigenvalue weighted by molar-refractivity contribution is -0.384. The minimum absolute atomic E-state index is 0.0103. The maximum Gasteiger partial charge on any atom is 0.288 e. The molecular weight excluding hydrogens is 382 g/mol. The molecule has 1 saturated heterocycles. The largest absolute Gasteiger partial charge is 0.457 e. The molecule has 0 aliphatic carbocycles. The van der Waals surface area contributed by atoms with E-state index in [1.165, 1.54) is 31.3 Å². The minimum atomic E-state index is -0.627. The monoisotopic (exact) mass is 391 g/mol. The zero-order chi connectivity index (χ0) is 19.0. The smallest absolute Gasteiger partial charge is 0.288 e. The third kappa shape index (κ3) is 3.22. The van der Waals surface area contributed by atoms with Gasteiger partial charge in [0.25, 0.3) is 17.5 Å². The zero-order valence-electron chi connectivity index (χ0n) is 13.2. The van der Waals surface area contributed by atoms with Crippen molar-refractivity contribution in [3.63, 3.8) is 0 Å². The maximum absolute atomic E-state index is 12.2. The molecule has 2 aromatic rings. The summed E-state index contributed by atoms with van der Waals surface area (Å²) < 4.78 is 5.58. The van der Waals surface area contributed by atoms with Crippen LogP contribution in [0.1, 0.15) is 5.76 Å². The Bertz CT molecular complexity index is 998. The van der Waals surface area contributed by atoms with Gasteiger partial charge in [-0.2, -0.15) is 0 Å². The van der Waals surface area contributed by atoms with Gasteiger partial charge in [-0.05, 0) is 42.6 Å². The summed E-state index contributed by atoms with van der Waals surface area (Å²) in [5.74, 6) is -0.626. The van der Waals surface area contributed by atoms with Crippen LogP contribution in [0.5, 0.6) is 0 Å². The molecule has 1 aliphatic rings. The van der Waals surface area contributed by atoms with Crippen molar-refractivity contribution in [2.45, 2.75) is 0 Å². The molecule has 1 aliphatic heterocycles. The third-order valence-electron chi connectivity index (χ3n) is 3.65. The van der Waals surface area contributed by atoms with Crippen molar-refractivity contribution < 1.29 is 18.9 Å². The molecule has 26 heavy (non-hydrogen) atoms. The Kier molecular flexibility index (Phi) is 4.58. The number of nitrogens with zero attached hydrogens (tertiary/aromatic N) is 2. The van der Waals surface area contributed by atoms with E-state index in [4.69, 9.17) is 28.2 Å². The number of halogens is 1. The Morgan fingerprint density at radius 2 is 2.04 bits per heavy atom. The molecule has 10 heteroatoms. The second-order valence-electron chi connectivity index (χ2n) is 5.31.